The number of benzene rings is 1. The maximum absolute atomic E-state index is 12.2. The molecule has 0 aromatic heterocycles. The molecule has 1 aromatic rings. The van der Waals surface area contributed by atoms with Crippen LogP contribution in [0.4, 0.5) is 0 Å². The highest BCUT2D eigenvalue weighted by atomic mass is 35.5. The first-order chi connectivity index (χ1) is 12.1. The number of ether oxygens (including phenoxy) is 2. The third kappa shape index (κ3) is 7.29. The number of carbonyl (C=O) groups excluding carboxylic acids is 2. The Labute approximate surface area is 160 Å². The second-order valence-corrected chi connectivity index (χ2v) is 6.12. The van der Waals surface area contributed by atoms with E-state index in [4.69, 9.17) is 15.2 Å². The number of halogens is 1. The number of amides is 2. The van der Waals surface area contributed by atoms with Crippen LogP contribution in [0, 0.1) is 0 Å². The fraction of sp³-hybridized carbons (Fsp3) is 0.556. The summed E-state index contributed by atoms with van der Waals surface area (Å²) in [6, 6.07) is 7.21. The minimum absolute atomic E-state index is 0. The van der Waals surface area contributed by atoms with E-state index in [9.17, 15) is 9.59 Å². The van der Waals surface area contributed by atoms with Gasteiger partial charge in [-0.05, 0) is 30.5 Å². The van der Waals surface area contributed by atoms with Crippen molar-refractivity contribution in [2.24, 2.45) is 5.73 Å². The Morgan fingerprint density at radius 1 is 1.38 bits per heavy atom. The first-order valence-electron chi connectivity index (χ1n) is 8.60. The molecular weight excluding hydrogens is 358 g/mol. The van der Waals surface area contributed by atoms with Gasteiger partial charge in [0.25, 0.3) is 5.91 Å². The molecule has 146 valence electrons. The van der Waals surface area contributed by atoms with E-state index in [0.29, 0.717) is 25.2 Å². The maximum Gasteiger partial charge on any atom is 0.251 e. The second-order valence-electron chi connectivity index (χ2n) is 6.12. The standard InChI is InChI=1S/C18H27N3O4.ClH/c1-24-16(10-19)9-17(22)20-11-13-4-2-5-14(8-13)18(23)21-12-15-6-3-7-25-15;/h2,4-5,8,15-16H,3,6-7,9-12,19H2,1H3,(H,20,22)(H,21,23);1H. The number of carbonyl (C=O) groups is 2. The predicted molar refractivity (Wildman–Crippen MR) is 101 cm³/mol. The molecule has 0 radical (unpaired) electrons. The first kappa shape index (κ1) is 22.4. The van der Waals surface area contributed by atoms with Crippen molar-refractivity contribution in [3.8, 4) is 0 Å². The molecule has 7 nitrogen and oxygen atoms in total. The van der Waals surface area contributed by atoms with Gasteiger partial charge in [-0.15, -0.1) is 12.4 Å². The van der Waals surface area contributed by atoms with Gasteiger partial charge in [-0.3, -0.25) is 9.59 Å². The monoisotopic (exact) mass is 385 g/mol. The molecule has 26 heavy (non-hydrogen) atoms. The second kappa shape index (κ2) is 11.9. The van der Waals surface area contributed by atoms with Crippen LogP contribution in [0.5, 0.6) is 0 Å². The van der Waals surface area contributed by atoms with E-state index in [2.05, 4.69) is 10.6 Å². The SMILES string of the molecule is COC(CN)CC(=O)NCc1cccc(C(=O)NCC2CCCO2)c1.Cl. The van der Waals surface area contributed by atoms with Gasteiger partial charge in [-0.25, -0.2) is 0 Å². The summed E-state index contributed by atoms with van der Waals surface area (Å²) < 4.78 is 10.6. The number of hydrogen-bond donors (Lipinski definition) is 3. The number of rotatable bonds is 9. The molecule has 2 atom stereocenters. The summed E-state index contributed by atoms with van der Waals surface area (Å²) >= 11 is 0. The first-order valence-corrected chi connectivity index (χ1v) is 8.60. The molecule has 2 unspecified atom stereocenters. The summed E-state index contributed by atoms with van der Waals surface area (Å²) in [6.07, 6.45) is 2.08. The van der Waals surface area contributed by atoms with Crippen molar-refractivity contribution in [3.05, 3.63) is 35.4 Å². The molecule has 0 saturated carbocycles. The smallest absolute Gasteiger partial charge is 0.251 e. The minimum Gasteiger partial charge on any atom is -0.380 e. The highest BCUT2D eigenvalue weighted by Crippen LogP contribution is 2.11. The molecule has 8 heteroatoms. The Morgan fingerprint density at radius 2 is 2.19 bits per heavy atom. The van der Waals surface area contributed by atoms with Gasteiger partial charge in [0.1, 0.15) is 0 Å². The number of nitrogens with two attached hydrogens (primary N) is 1. The van der Waals surface area contributed by atoms with Crippen molar-refractivity contribution in [1.82, 2.24) is 10.6 Å². The summed E-state index contributed by atoms with van der Waals surface area (Å²) in [7, 11) is 1.53. The van der Waals surface area contributed by atoms with Crippen LogP contribution >= 0.6 is 12.4 Å². The van der Waals surface area contributed by atoms with Gasteiger partial charge in [0.2, 0.25) is 5.91 Å². The zero-order valence-corrected chi connectivity index (χ0v) is 15.8. The van der Waals surface area contributed by atoms with E-state index in [1.807, 2.05) is 6.07 Å². The van der Waals surface area contributed by atoms with Crippen molar-refractivity contribution < 1.29 is 19.1 Å². The molecule has 2 rings (SSSR count). The van der Waals surface area contributed by atoms with Crippen LogP contribution in [0.1, 0.15) is 35.2 Å². The number of hydrogen-bond acceptors (Lipinski definition) is 5. The molecule has 4 N–H and O–H groups in total. The Bertz CT molecular complexity index is 575. The van der Waals surface area contributed by atoms with Crippen LogP contribution < -0.4 is 16.4 Å². The summed E-state index contributed by atoms with van der Waals surface area (Å²) in [5, 5.41) is 5.71. The van der Waals surface area contributed by atoms with E-state index in [-0.39, 0.29) is 42.9 Å². The molecule has 0 aliphatic carbocycles. The minimum atomic E-state index is -0.282. The van der Waals surface area contributed by atoms with Crippen molar-refractivity contribution in [3.63, 3.8) is 0 Å². The van der Waals surface area contributed by atoms with E-state index < -0.39 is 0 Å². The molecule has 1 aromatic carbocycles. The highest BCUT2D eigenvalue weighted by Gasteiger charge is 2.17. The third-order valence-corrected chi connectivity index (χ3v) is 4.20. The van der Waals surface area contributed by atoms with E-state index in [1.54, 1.807) is 18.2 Å². The lowest BCUT2D eigenvalue weighted by Gasteiger charge is -2.13. The predicted octanol–water partition coefficient (Wildman–Crippen LogP) is 0.997. The van der Waals surface area contributed by atoms with Crippen LogP contribution in [0.25, 0.3) is 0 Å². The van der Waals surface area contributed by atoms with Crippen molar-refractivity contribution in [1.29, 1.82) is 0 Å². The molecule has 1 aliphatic rings. The zero-order chi connectivity index (χ0) is 18.1. The van der Waals surface area contributed by atoms with Gasteiger partial charge in [0.15, 0.2) is 0 Å². The highest BCUT2D eigenvalue weighted by molar-refractivity contribution is 5.94. The molecule has 1 heterocycles. The molecule has 1 saturated heterocycles. The van der Waals surface area contributed by atoms with Gasteiger partial charge < -0.3 is 25.8 Å². The van der Waals surface area contributed by atoms with Crippen LogP contribution in [-0.4, -0.2) is 50.8 Å². The quantitative estimate of drug-likeness (QED) is 0.588. The molecule has 2 amide bonds. The average molecular weight is 386 g/mol. The molecular formula is C18H28ClN3O4. The Balaban J connectivity index is 0.00000338. The lowest BCUT2D eigenvalue weighted by molar-refractivity contribution is -0.123. The van der Waals surface area contributed by atoms with E-state index in [1.165, 1.54) is 7.11 Å². The summed E-state index contributed by atoms with van der Waals surface area (Å²) in [5.41, 5.74) is 6.94. The molecule has 1 aliphatic heterocycles. The largest absolute Gasteiger partial charge is 0.380 e. The Hall–Kier alpha value is -1.67. The van der Waals surface area contributed by atoms with Crippen LogP contribution in [0.3, 0.4) is 0 Å². The van der Waals surface area contributed by atoms with Crippen LogP contribution in [-0.2, 0) is 20.8 Å². The lowest BCUT2D eigenvalue weighted by atomic mass is 10.1. The molecule has 0 bridgehead atoms. The van der Waals surface area contributed by atoms with Crippen LogP contribution in [0.2, 0.25) is 0 Å². The molecule has 1 fully saturated rings. The third-order valence-electron chi connectivity index (χ3n) is 4.20. The average Bonchev–Trinajstić information content (AvgIpc) is 3.16. The number of nitrogens with one attached hydrogen (secondary N) is 2. The van der Waals surface area contributed by atoms with E-state index >= 15 is 0 Å². The summed E-state index contributed by atoms with van der Waals surface area (Å²) in [6.45, 7) is 1.94. The van der Waals surface area contributed by atoms with Crippen molar-refractivity contribution in [2.45, 2.75) is 38.0 Å². The van der Waals surface area contributed by atoms with Gasteiger partial charge in [-0.2, -0.15) is 0 Å². The topological polar surface area (TPSA) is 103 Å². The van der Waals surface area contributed by atoms with Gasteiger partial charge >= 0.3 is 0 Å². The fourth-order valence-electron chi connectivity index (χ4n) is 2.68. The summed E-state index contributed by atoms with van der Waals surface area (Å²) in [4.78, 5) is 24.1. The number of methoxy groups -OCH3 is 1. The van der Waals surface area contributed by atoms with Gasteiger partial charge in [0.05, 0.1) is 18.6 Å². The van der Waals surface area contributed by atoms with Gasteiger partial charge in [-0.1, -0.05) is 12.1 Å². The maximum atomic E-state index is 12.2. The van der Waals surface area contributed by atoms with E-state index in [0.717, 1.165) is 25.0 Å². The van der Waals surface area contributed by atoms with Crippen molar-refractivity contribution >= 4 is 24.2 Å². The van der Waals surface area contributed by atoms with Crippen LogP contribution in [0.15, 0.2) is 24.3 Å². The van der Waals surface area contributed by atoms with Crippen molar-refractivity contribution in [2.75, 3.05) is 26.8 Å². The zero-order valence-electron chi connectivity index (χ0n) is 15.0. The fourth-order valence-corrected chi connectivity index (χ4v) is 2.68. The Kier molecular flexibility index (Phi) is 10.2. The summed E-state index contributed by atoms with van der Waals surface area (Å²) in [5.74, 6) is -0.267. The van der Waals surface area contributed by atoms with Gasteiger partial charge in [0, 0.05) is 38.9 Å². The Morgan fingerprint density at radius 3 is 2.85 bits per heavy atom. The normalized spacial score (nSPS) is 17.2. The lowest BCUT2D eigenvalue weighted by Crippen LogP contribution is -2.32. The molecule has 0 spiro atoms.